The molecule has 0 radical (unpaired) electrons. The Morgan fingerprint density at radius 3 is 1.71 bits per heavy atom. The third-order valence-electron chi connectivity index (χ3n) is 13.7. The van der Waals surface area contributed by atoms with E-state index in [0.717, 1.165) is 61.3 Å². The molecular formula is C63H41NO. The Kier molecular flexibility index (Phi) is 8.47. The minimum atomic E-state index is -0.517. The van der Waals surface area contributed by atoms with Gasteiger partial charge in [-0.1, -0.05) is 206 Å². The van der Waals surface area contributed by atoms with Crippen LogP contribution >= 0.6 is 0 Å². The van der Waals surface area contributed by atoms with E-state index in [4.69, 9.17) is 4.42 Å². The molecular weight excluding hydrogens is 787 g/mol. The van der Waals surface area contributed by atoms with Gasteiger partial charge in [0.05, 0.1) is 11.1 Å². The molecule has 12 aromatic rings. The van der Waals surface area contributed by atoms with Crippen molar-refractivity contribution in [3.63, 3.8) is 0 Å². The van der Waals surface area contributed by atoms with Gasteiger partial charge in [0.15, 0.2) is 0 Å². The summed E-state index contributed by atoms with van der Waals surface area (Å²) < 4.78 is 6.56. The van der Waals surface area contributed by atoms with Gasteiger partial charge >= 0.3 is 0 Å². The van der Waals surface area contributed by atoms with E-state index in [1.54, 1.807) is 0 Å². The molecule has 13 rings (SSSR count). The van der Waals surface area contributed by atoms with E-state index < -0.39 is 5.41 Å². The van der Waals surface area contributed by atoms with Crippen LogP contribution < -0.4 is 4.90 Å². The largest absolute Gasteiger partial charge is 0.455 e. The fraction of sp³-hybridized carbons (Fsp3) is 0.0159. The van der Waals surface area contributed by atoms with Crippen LogP contribution in [0.25, 0.3) is 76.9 Å². The van der Waals surface area contributed by atoms with Crippen molar-refractivity contribution in [2.24, 2.45) is 0 Å². The third kappa shape index (κ3) is 5.74. The molecule has 0 saturated heterocycles. The summed E-state index contributed by atoms with van der Waals surface area (Å²) in [5.74, 6) is 0. The summed E-state index contributed by atoms with van der Waals surface area (Å²) in [7, 11) is 0. The second-order valence-corrected chi connectivity index (χ2v) is 17.2. The number of benzene rings is 11. The van der Waals surface area contributed by atoms with E-state index in [9.17, 15) is 0 Å². The molecule has 0 unspecified atom stereocenters. The van der Waals surface area contributed by atoms with E-state index in [2.05, 4.69) is 254 Å². The lowest BCUT2D eigenvalue weighted by Crippen LogP contribution is -2.28. The van der Waals surface area contributed by atoms with Gasteiger partial charge in [0.1, 0.15) is 11.2 Å². The molecule has 0 amide bonds. The molecule has 0 fully saturated rings. The van der Waals surface area contributed by atoms with Crippen LogP contribution in [0.2, 0.25) is 0 Å². The molecule has 0 spiro atoms. The zero-order chi connectivity index (χ0) is 42.9. The lowest BCUT2D eigenvalue weighted by Gasteiger charge is -2.34. The number of fused-ring (bicyclic) bond motifs is 9. The second kappa shape index (κ2) is 14.8. The van der Waals surface area contributed by atoms with Gasteiger partial charge in [0.25, 0.3) is 0 Å². The van der Waals surface area contributed by atoms with Gasteiger partial charge in [0, 0.05) is 33.3 Å². The van der Waals surface area contributed by atoms with Crippen LogP contribution in [0, 0.1) is 0 Å². The molecule has 1 aliphatic rings. The summed E-state index contributed by atoms with van der Waals surface area (Å²) in [6, 6.07) is 90.8. The molecule has 2 nitrogen and oxygen atoms in total. The van der Waals surface area contributed by atoms with Crippen LogP contribution in [0.3, 0.4) is 0 Å². The van der Waals surface area contributed by atoms with Gasteiger partial charge in [0.2, 0.25) is 0 Å². The second-order valence-electron chi connectivity index (χ2n) is 17.2. The van der Waals surface area contributed by atoms with Gasteiger partial charge < -0.3 is 9.32 Å². The van der Waals surface area contributed by atoms with Gasteiger partial charge in [-0.25, -0.2) is 0 Å². The number of rotatable bonds is 7. The topological polar surface area (TPSA) is 16.4 Å². The van der Waals surface area contributed by atoms with Crippen molar-refractivity contribution in [3.8, 4) is 33.4 Å². The maximum Gasteiger partial charge on any atom is 0.143 e. The molecule has 0 aliphatic heterocycles. The van der Waals surface area contributed by atoms with Crippen molar-refractivity contribution in [3.05, 3.63) is 271 Å². The maximum atomic E-state index is 6.56. The highest BCUT2D eigenvalue weighted by molar-refractivity contribution is 6.11. The van der Waals surface area contributed by atoms with Crippen molar-refractivity contribution < 1.29 is 4.42 Å². The maximum absolute atomic E-state index is 6.56. The van der Waals surface area contributed by atoms with Crippen molar-refractivity contribution in [1.82, 2.24) is 0 Å². The smallest absolute Gasteiger partial charge is 0.143 e. The van der Waals surface area contributed by atoms with Gasteiger partial charge in [-0.3, -0.25) is 0 Å². The van der Waals surface area contributed by atoms with E-state index in [1.807, 2.05) is 0 Å². The molecule has 1 heterocycles. The molecule has 0 N–H and O–H groups in total. The van der Waals surface area contributed by atoms with E-state index in [1.165, 1.54) is 54.9 Å². The van der Waals surface area contributed by atoms with E-state index >= 15 is 0 Å². The molecule has 2 heteroatoms. The SMILES string of the molecule is c1ccc(-c2cccc3c2oc2ccc(-c4ccc(N(c5ccc6ccc7ccccc7c6c5)c5cccc6c5-c5ccccc5C6(c5ccccc5)c5ccccc5)cc4)cc23)cc1. The Morgan fingerprint density at radius 1 is 0.338 bits per heavy atom. The number of furan rings is 1. The number of para-hydroxylation sites is 1. The summed E-state index contributed by atoms with van der Waals surface area (Å²) in [4.78, 5) is 2.48. The molecule has 304 valence electrons. The van der Waals surface area contributed by atoms with E-state index in [0.29, 0.717) is 0 Å². The number of anilines is 3. The first kappa shape index (κ1) is 37.1. The van der Waals surface area contributed by atoms with Crippen molar-refractivity contribution in [2.75, 3.05) is 4.90 Å². The van der Waals surface area contributed by atoms with Crippen LogP contribution in [-0.4, -0.2) is 0 Å². The third-order valence-corrected chi connectivity index (χ3v) is 13.7. The highest BCUT2D eigenvalue weighted by Crippen LogP contribution is 2.59. The van der Waals surface area contributed by atoms with Crippen molar-refractivity contribution in [1.29, 1.82) is 0 Å². The quantitative estimate of drug-likeness (QED) is 0.149. The first-order valence-electron chi connectivity index (χ1n) is 22.4. The molecule has 1 aliphatic carbocycles. The lowest BCUT2D eigenvalue weighted by atomic mass is 9.68. The summed E-state index contributed by atoms with van der Waals surface area (Å²) in [5.41, 5.74) is 16.7. The Balaban J connectivity index is 1.01. The first-order chi connectivity index (χ1) is 32.2. The number of hydrogen-bond acceptors (Lipinski definition) is 2. The van der Waals surface area contributed by atoms with Crippen LogP contribution in [-0.2, 0) is 5.41 Å². The summed E-state index contributed by atoms with van der Waals surface area (Å²) >= 11 is 0. The van der Waals surface area contributed by atoms with Gasteiger partial charge in [-0.2, -0.15) is 0 Å². The lowest BCUT2D eigenvalue weighted by molar-refractivity contribution is 0.670. The highest BCUT2D eigenvalue weighted by atomic mass is 16.3. The van der Waals surface area contributed by atoms with Crippen molar-refractivity contribution >= 4 is 60.5 Å². The molecule has 11 aromatic carbocycles. The number of nitrogens with zero attached hydrogens (tertiary/aromatic N) is 1. The zero-order valence-corrected chi connectivity index (χ0v) is 35.5. The Bertz CT molecular complexity index is 3720. The minimum absolute atomic E-state index is 0.517. The average Bonchev–Trinajstić information content (AvgIpc) is 3.91. The number of hydrogen-bond donors (Lipinski definition) is 0. The van der Waals surface area contributed by atoms with E-state index in [-0.39, 0.29) is 0 Å². The monoisotopic (exact) mass is 827 g/mol. The van der Waals surface area contributed by atoms with Crippen LogP contribution in [0.4, 0.5) is 17.1 Å². The predicted octanol–water partition coefficient (Wildman–Crippen LogP) is 17.1. The molecule has 1 aromatic heterocycles. The highest BCUT2D eigenvalue weighted by Gasteiger charge is 2.47. The molecule has 0 bridgehead atoms. The normalized spacial score (nSPS) is 12.7. The Labute approximate surface area is 377 Å². The Hall–Kier alpha value is -8.46. The fourth-order valence-electron chi connectivity index (χ4n) is 10.8. The van der Waals surface area contributed by atoms with Crippen LogP contribution in [0.1, 0.15) is 22.3 Å². The average molecular weight is 828 g/mol. The zero-order valence-electron chi connectivity index (χ0n) is 35.5. The van der Waals surface area contributed by atoms with Gasteiger partial charge in [-0.05, 0) is 109 Å². The molecule has 0 atom stereocenters. The standard InChI is InChI=1S/C63H41NO/c1-4-16-43(17-5-1)52-25-14-26-53-56-40-46(35-39-60(56)65-62(52)53)42-32-36-49(37-33-42)64(50-38-34-45-31-30-44-18-10-11-23-51(44)55(45)41-50)59-29-15-28-58-61(59)54-24-12-13-27-57(54)63(58,47-19-6-2-7-20-47)48-21-8-3-9-22-48/h1-41H. The van der Waals surface area contributed by atoms with Crippen molar-refractivity contribution in [2.45, 2.75) is 5.41 Å². The molecule has 65 heavy (non-hydrogen) atoms. The van der Waals surface area contributed by atoms with Crippen LogP contribution in [0.5, 0.6) is 0 Å². The molecule has 0 saturated carbocycles. The van der Waals surface area contributed by atoms with Gasteiger partial charge in [-0.15, -0.1) is 0 Å². The first-order valence-corrected chi connectivity index (χ1v) is 22.4. The summed E-state index contributed by atoms with van der Waals surface area (Å²) in [6.45, 7) is 0. The summed E-state index contributed by atoms with van der Waals surface area (Å²) in [5, 5.41) is 7.16. The predicted molar refractivity (Wildman–Crippen MR) is 272 cm³/mol. The Morgan fingerprint density at radius 2 is 0.923 bits per heavy atom. The van der Waals surface area contributed by atoms with Crippen LogP contribution in [0.15, 0.2) is 253 Å². The minimum Gasteiger partial charge on any atom is -0.455 e. The summed E-state index contributed by atoms with van der Waals surface area (Å²) in [6.07, 6.45) is 0. The fourth-order valence-corrected chi connectivity index (χ4v) is 10.8.